The van der Waals surface area contributed by atoms with E-state index in [1.54, 1.807) is 14.0 Å². The summed E-state index contributed by atoms with van der Waals surface area (Å²) in [4.78, 5) is 0. The van der Waals surface area contributed by atoms with Crippen molar-refractivity contribution in [1.29, 1.82) is 0 Å². The van der Waals surface area contributed by atoms with Crippen LogP contribution >= 0.6 is 0 Å². The van der Waals surface area contributed by atoms with Gasteiger partial charge in [-0.25, -0.2) is 0 Å². The quantitative estimate of drug-likeness (QED) is 0.872. The number of aliphatic hydroxyl groups is 1. The van der Waals surface area contributed by atoms with Crippen LogP contribution in [0, 0.1) is 5.92 Å². The van der Waals surface area contributed by atoms with Gasteiger partial charge in [-0.05, 0) is 31.0 Å². The van der Waals surface area contributed by atoms with Crippen LogP contribution in [0.5, 0.6) is 11.5 Å². The van der Waals surface area contributed by atoms with Gasteiger partial charge in [-0.2, -0.15) is 0 Å². The summed E-state index contributed by atoms with van der Waals surface area (Å²) in [5, 5.41) is 9.52. The Hall–Kier alpha value is -1.26. The Balaban J connectivity index is 2.02. The van der Waals surface area contributed by atoms with Crippen molar-refractivity contribution in [2.75, 3.05) is 26.9 Å². The normalized spacial score (nSPS) is 20.7. The first-order valence-corrected chi connectivity index (χ1v) is 6.27. The smallest absolute Gasteiger partial charge is 0.161 e. The minimum absolute atomic E-state index is 0.464. The highest BCUT2D eigenvalue weighted by Gasteiger charge is 2.17. The topological polar surface area (TPSA) is 47.9 Å². The maximum Gasteiger partial charge on any atom is 0.161 e. The third kappa shape index (κ3) is 3.15. The molecular weight excluding hydrogens is 232 g/mol. The van der Waals surface area contributed by atoms with Crippen LogP contribution in [0.15, 0.2) is 18.2 Å². The lowest BCUT2D eigenvalue weighted by molar-refractivity contribution is 0.165. The zero-order chi connectivity index (χ0) is 13.0. The molecule has 4 nitrogen and oxygen atoms in total. The Morgan fingerprint density at radius 1 is 1.44 bits per heavy atom. The second kappa shape index (κ2) is 6.07. The fourth-order valence-electron chi connectivity index (χ4n) is 1.99. The van der Waals surface area contributed by atoms with Crippen molar-refractivity contribution in [1.82, 2.24) is 0 Å². The number of ether oxygens (including phenoxy) is 3. The highest BCUT2D eigenvalue weighted by atomic mass is 16.5. The minimum atomic E-state index is -0.504. The summed E-state index contributed by atoms with van der Waals surface area (Å²) < 4.78 is 16.4. The number of methoxy groups -OCH3 is 1. The lowest BCUT2D eigenvalue weighted by Crippen LogP contribution is -2.12. The van der Waals surface area contributed by atoms with E-state index in [1.165, 1.54) is 0 Å². The van der Waals surface area contributed by atoms with Crippen LogP contribution in [0.3, 0.4) is 0 Å². The molecule has 1 aromatic rings. The number of rotatable bonds is 5. The van der Waals surface area contributed by atoms with Gasteiger partial charge in [-0.1, -0.05) is 6.07 Å². The Morgan fingerprint density at radius 2 is 2.28 bits per heavy atom. The lowest BCUT2D eigenvalue weighted by atomic mass is 10.1. The van der Waals surface area contributed by atoms with Gasteiger partial charge in [0.05, 0.1) is 26.4 Å². The van der Waals surface area contributed by atoms with Crippen molar-refractivity contribution in [2.45, 2.75) is 19.4 Å². The highest BCUT2D eigenvalue weighted by molar-refractivity contribution is 5.43. The zero-order valence-electron chi connectivity index (χ0n) is 10.9. The van der Waals surface area contributed by atoms with E-state index < -0.39 is 6.10 Å². The van der Waals surface area contributed by atoms with Gasteiger partial charge < -0.3 is 19.3 Å². The van der Waals surface area contributed by atoms with Crippen LogP contribution in [0.2, 0.25) is 0 Å². The van der Waals surface area contributed by atoms with Crippen molar-refractivity contribution >= 4 is 0 Å². The van der Waals surface area contributed by atoms with Crippen molar-refractivity contribution in [3.63, 3.8) is 0 Å². The molecule has 1 fully saturated rings. The average molecular weight is 252 g/mol. The van der Waals surface area contributed by atoms with Crippen LogP contribution in [-0.4, -0.2) is 32.0 Å². The standard InChI is InChI=1S/C14H20O4/c1-10(15)12-3-4-13(14(7-12)16-2)18-9-11-5-6-17-8-11/h3-4,7,10-11,15H,5-6,8-9H2,1-2H3. The van der Waals surface area contributed by atoms with E-state index in [2.05, 4.69) is 0 Å². The number of hydrogen-bond acceptors (Lipinski definition) is 4. The van der Waals surface area contributed by atoms with Crippen LogP contribution in [0.1, 0.15) is 25.0 Å². The van der Waals surface area contributed by atoms with E-state index in [0.29, 0.717) is 24.0 Å². The van der Waals surface area contributed by atoms with E-state index in [9.17, 15) is 5.11 Å². The van der Waals surface area contributed by atoms with Gasteiger partial charge in [-0.3, -0.25) is 0 Å². The summed E-state index contributed by atoms with van der Waals surface area (Å²) in [5.41, 5.74) is 0.823. The van der Waals surface area contributed by atoms with Crippen molar-refractivity contribution in [3.05, 3.63) is 23.8 Å². The average Bonchev–Trinajstić information content (AvgIpc) is 2.89. The molecule has 0 spiro atoms. The molecule has 1 heterocycles. The van der Waals surface area contributed by atoms with Crippen molar-refractivity contribution in [3.8, 4) is 11.5 Å². The molecule has 18 heavy (non-hydrogen) atoms. The van der Waals surface area contributed by atoms with Gasteiger partial charge in [0.2, 0.25) is 0 Å². The van der Waals surface area contributed by atoms with Crippen LogP contribution in [0.25, 0.3) is 0 Å². The molecule has 2 rings (SSSR count). The van der Waals surface area contributed by atoms with E-state index in [4.69, 9.17) is 14.2 Å². The summed E-state index contributed by atoms with van der Waals surface area (Å²) in [6.45, 7) is 3.97. The molecule has 1 aromatic carbocycles. The second-order valence-electron chi connectivity index (χ2n) is 4.63. The largest absolute Gasteiger partial charge is 0.493 e. The monoisotopic (exact) mass is 252 g/mol. The summed E-state index contributed by atoms with van der Waals surface area (Å²) in [6, 6.07) is 5.51. The highest BCUT2D eigenvalue weighted by Crippen LogP contribution is 2.31. The van der Waals surface area contributed by atoms with E-state index in [1.807, 2.05) is 18.2 Å². The third-order valence-electron chi connectivity index (χ3n) is 3.17. The van der Waals surface area contributed by atoms with E-state index in [0.717, 1.165) is 25.2 Å². The summed E-state index contributed by atoms with van der Waals surface area (Å²) >= 11 is 0. The minimum Gasteiger partial charge on any atom is -0.493 e. The fraction of sp³-hybridized carbons (Fsp3) is 0.571. The fourth-order valence-corrected chi connectivity index (χ4v) is 1.99. The molecule has 2 unspecified atom stereocenters. The molecule has 1 N–H and O–H groups in total. The SMILES string of the molecule is COc1cc(C(C)O)ccc1OCC1CCOC1. The molecule has 100 valence electrons. The van der Waals surface area contributed by atoms with Gasteiger partial charge in [0, 0.05) is 12.5 Å². The zero-order valence-corrected chi connectivity index (χ0v) is 10.9. The maximum atomic E-state index is 9.52. The van der Waals surface area contributed by atoms with E-state index >= 15 is 0 Å². The van der Waals surface area contributed by atoms with Gasteiger partial charge in [0.1, 0.15) is 0 Å². The lowest BCUT2D eigenvalue weighted by Gasteiger charge is -2.15. The molecule has 1 saturated heterocycles. The molecule has 2 atom stereocenters. The number of benzene rings is 1. The molecule has 0 amide bonds. The first kappa shape index (κ1) is 13.2. The maximum absolute atomic E-state index is 9.52. The van der Waals surface area contributed by atoms with Gasteiger partial charge in [0.25, 0.3) is 0 Å². The molecule has 0 saturated carbocycles. The summed E-state index contributed by atoms with van der Waals surface area (Å²) in [6.07, 6.45) is 0.546. The molecule has 1 aliphatic heterocycles. The number of aliphatic hydroxyl groups excluding tert-OH is 1. The summed E-state index contributed by atoms with van der Waals surface area (Å²) in [5.74, 6) is 1.84. The molecule has 0 aliphatic carbocycles. The molecule has 1 aliphatic rings. The second-order valence-corrected chi connectivity index (χ2v) is 4.63. The number of hydrogen-bond donors (Lipinski definition) is 1. The molecule has 0 bridgehead atoms. The van der Waals surface area contributed by atoms with Crippen molar-refractivity contribution < 1.29 is 19.3 Å². The predicted octanol–water partition coefficient (Wildman–Crippen LogP) is 2.16. The third-order valence-corrected chi connectivity index (χ3v) is 3.17. The Morgan fingerprint density at radius 3 is 2.89 bits per heavy atom. The van der Waals surface area contributed by atoms with Crippen molar-refractivity contribution in [2.24, 2.45) is 5.92 Å². The van der Waals surface area contributed by atoms with Crippen LogP contribution < -0.4 is 9.47 Å². The Labute approximate surface area is 107 Å². The first-order chi connectivity index (χ1) is 8.70. The van der Waals surface area contributed by atoms with Gasteiger partial charge in [-0.15, -0.1) is 0 Å². The molecule has 0 aromatic heterocycles. The predicted molar refractivity (Wildman–Crippen MR) is 68.0 cm³/mol. The van der Waals surface area contributed by atoms with Crippen LogP contribution in [0.4, 0.5) is 0 Å². The molecule has 4 heteroatoms. The Kier molecular flexibility index (Phi) is 4.44. The van der Waals surface area contributed by atoms with Gasteiger partial charge >= 0.3 is 0 Å². The summed E-state index contributed by atoms with van der Waals surface area (Å²) in [7, 11) is 1.60. The Bertz CT molecular complexity index is 383. The molecular formula is C14H20O4. The van der Waals surface area contributed by atoms with E-state index in [-0.39, 0.29) is 0 Å². The first-order valence-electron chi connectivity index (χ1n) is 6.27. The van der Waals surface area contributed by atoms with Crippen LogP contribution in [-0.2, 0) is 4.74 Å². The van der Waals surface area contributed by atoms with Gasteiger partial charge in [0.15, 0.2) is 11.5 Å². The molecule has 0 radical (unpaired) electrons.